The van der Waals surface area contributed by atoms with Gasteiger partial charge in [-0.2, -0.15) is 0 Å². The fourth-order valence-electron chi connectivity index (χ4n) is 2.78. The van der Waals surface area contributed by atoms with Crippen LogP contribution in [0.5, 0.6) is 0 Å². The summed E-state index contributed by atoms with van der Waals surface area (Å²) in [6, 6.07) is 11.8. The van der Waals surface area contributed by atoms with Crippen molar-refractivity contribution in [1.29, 1.82) is 0 Å². The number of pyridine rings is 1. The van der Waals surface area contributed by atoms with Gasteiger partial charge in [-0.25, -0.2) is 9.78 Å². The second kappa shape index (κ2) is 6.33. The van der Waals surface area contributed by atoms with Gasteiger partial charge in [-0.3, -0.25) is 0 Å². The van der Waals surface area contributed by atoms with Crippen molar-refractivity contribution in [3.05, 3.63) is 66.1 Å². The summed E-state index contributed by atoms with van der Waals surface area (Å²) in [5.74, 6) is 0.602. The van der Waals surface area contributed by atoms with Gasteiger partial charge in [0.2, 0.25) is 0 Å². The van der Waals surface area contributed by atoms with Gasteiger partial charge in [-0.15, -0.1) is 0 Å². The first-order chi connectivity index (χ1) is 11.8. The lowest BCUT2D eigenvalue weighted by Crippen LogP contribution is -2.39. The quantitative estimate of drug-likeness (QED) is 0.691. The van der Waals surface area contributed by atoms with Crippen molar-refractivity contribution in [2.75, 3.05) is 18.4 Å². The number of hydrogen-bond acceptors (Lipinski definition) is 3. The second-order valence-electron chi connectivity index (χ2n) is 6.01. The monoisotopic (exact) mass is 321 g/mol. The zero-order valence-electron chi connectivity index (χ0n) is 13.2. The zero-order valence-corrected chi connectivity index (χ0v) is 13.2. The second-order valence-corrected chi connectivity index (χ2v) is 6.01. The van der Waals surface area contributed by atoms with Crippen molar-refractivity contribution in [1.82, 2.24) is 20.0 Å². The smallest absolute Gasteiger partial charge is 0.319 e. The summed E-state index contributed by atoms with van der Waals surface area (Å²) in [5, 5.41) is 8.99. The molecule has 0 spiro atoms. The van der Waals surface area contributed by atoms with Gasteiger partial charge in [-0.1, -0.05) is 12.1 Å². The van der Waals surface area contributed by atoms with Crippen molar-refractivity contribution in [3.63, 3.8) is 0 Å². The Bertz CT molecular complexity index is 851. The number of benzene rings is 1. The molecule has 24 heavy (non-hydrogen) atoms. The minimum Gasteiger partial charge on any atom is -0.334 e. The molecule has 0 aliphatic carbocycles. The van der Waals surface area contributed by atoms with Gasteiger partial charge in [0.15, 0.2) is 0 Å². The fourth-order valence-corrected chi connectivity index (χ4v) is 2.78. The molecule has 1 fully saturated rings. The highest BCUT2D eigenvalue weighted by atomic mass is 16.2. The Morgan fingerprint density at radius 3 is 2.79 bits per heavy atom. The standard InChI is InChI=1S/C18H19N5O/c24-18(21-10-13-5-7-23-8-6-20-17(23)9-13)22-16-3-1-14(2-4-16)15-11-19-12-15/h1-9,15,19H,10-12H2,(H2,21,22,24). The van der Waals surface area contributed by atoms with E-state index in [0.717, 1.165) is 30.0 Å². The Morgan fingerprint density at radius 2 is 2.04 bits per heavy atom. The molecule has 0 radical (unpaired) electrons. The van der Waals surface area contributed by atoms with Crippen molar-refractivity contribution < 1.29 is 4.79 Å². The molecule has 0 atom stereocenters. The maximum atomic E-state index is 12.0. The van der Waals surface area contributed by atoms with Crippen LogP contribution in [0.3, 0.4) is 0 Å². The van der Waals surface area contributed by atoms with Crippen LogP contribution in [0.25, 0.3) is 5.65 Å². The molecule has 6 nitrogen and oxygen atoms in total. The molecule has 6 heteroatoms. The number of nitrogens with one attached hydrogen (secondary N) is 3. The van der Waals surface area contributed by atoms with Crippen LogP contribution in [0.4, 0.5) is 10.5 Å². The number of imidazole rings is 1. The number of urea groups is 1. The number of fused-ring (bicyclic) bond motifs is 1. The molecule has 3 N–H and O–H groups in total. The van der Waals surface area contributed by atoms with E-state index < -0.39 is 0 Å². The van der Waals surface area contributed by atoms with Crippen LogP contribution >= 0.6 is 0 Å². The van der Waals surface area contributed by atoms with E-state index in [1.807, 2.05) is 41.1 Å². The molecule has 122 valence electrons. The van der Waals surface area contributed by atoms with Crippen LogP contribution in [0.2, 0.25) is 0 Å². The first-order valence-electron chi connectivity index (χ1n) is 8.05. The first-order valence-corrected chi connectivity index (χ1v) is 8.05. The zero-order chi connectivity index (χ0) is 16.4. The number of amides is 2. The van der Waals surface area contributed by atoms with Gasteiger partial charge in [-0.05, 0) is 35.4 Å². The van der Waals surface area contributed by atoms with E-state index in [1.165, 1.54) is 5.56 Å². The van der Waals surface area contributed by atoms with Crippen LogP contribution in [-0.2, 0) is 6.54 Å². The SMILES string of the molecule is O=C(NCc1ccn2ccnc2c1)Nc1ccc(C2CNC2)cc1. The number of aromatic nitrogens is 2. The van der Waals surface area contributed by atoms with E-state index in [0.29, 0.717) is 12.5 Å². The highest BCUT2D eigenvalue weighted by Gasteiger charge is 2.18. The Morgan fingerprint density at radius 1 is 1.21 bits per heavy atom. The lowest BCUT2D eigenvalue weighted by atomic mass is 9.94. The Labute approximate surface area is 139 Å². The Kier molecular flexibility index (Phi) is 3.88. The lowest BCUT2D eigenvalue weighted by Gasteiger charge is -2.27. The van der Waals surface area contributed by atoms with Crippen LogP contribution in [0, 0.1) is 0 Å². The summed E-state index contributed by atoms with van der Waals surface area (Å²) in [7, 11) is 0. The maximum Gasteiger partial charge on any atom is 0.319 e. The molecule has 4 rings (SSSR count). The highest BCUT2D eigenvalue weighted by molar-refractivity contribution is 5.89. The summed E-state index contributed by atoms with van der Waals surface area (Å²) in [4.78, 5) is 16.3. The minimum absolute atomic E-state index is 0.212. The van der Waals surface area contributed by atoms with Gasteiger partial charge in [0.1, 0.15) is 5.65 Å². The van der Waals surface area contributed by atoms with Crippen LogP contribution in [0.15, 0.2) is 55.0 Å². The number of nitrogens with zero attached hydrogens (tertiary/aromatic N) is 2. The molecular formula is C18H19N5O. The highest BCUT2D eigenvalue weighted by Crippen LogP contribution is 2.21. The topological polar surface area (TPSA) is 70.5 Å². The molecule has 1 aliphatic heterocycles. The van der Waals surface area contributed by atoms with E-state index in [2.05, 4.69) is 33.1 Å². The van der Waals surface area contributed by atoms with Gasteiger partial charge in [0, 0.05) is 49.8 Å². The molecule has 1 aromatic carbocycles. The van der Waals surface area contributed by atoms with Gasteiger partial charge < -0.3 is 20.4 Å². The molecule has 0 bridgehead atoms. The molecule has 1 aliphatic rings. The summed E-state index contributed by atoms with van der Waals surface area (Å²) in [5.41, 5.74) is 3.99. The molecule has 2 amide bonds. The van der Waals surface area contributed by atoms with E-state index in [-0.39, 0.29) is 6.03 Å². The normalized spacial score (nSPS) is 14.3. The fraction of sp³-hybridized carbons (Fsp3) is 0.222. The van der Waals surface area contributed by atoms with Crippen molar-refractivity contribution in [2.24, 2.45) is 0 Å². The van der Waals surface area contributed by atoms with Crippen LogP contribution in [0.1, 0.15) is 17.0 Å². The number of anilines is 1. The molecule has 3 heterocycles. The third kappa shape index (κ3) is 3.09. The first kappa shape index (κ1) is 14.7. The van der Waals surface area contributed by atoms with Crippen molar-refractivity contribution in [3.8, 4) is 0 Å². The predicted molar refractivity (Wildman–Crippen MR) is 93.1 cm³/mol. The average molecular weight is 321 g/mol. The third-order valence-electron chi connectivity index (χ3n) is 4.34. The Hall–Kier alpha value is -2.86. The molecule has 2 aromatic heterocycles. The van der Waals surface area contributed by atoms with Gasteiger partial charge >= 0.3 is 6.03 Å². The summed E-state index contributed by atoms with van der Waals surface area (Å²) < 4.78 is 1.93. The van der Waals surface area contributed by atoms with Crippen molar-refractivity contribution in [2.45, 2.75) is 12.5 Å². The van der Waals surface area contributed by atoms with E-state index in [4.69, 9.17) is 0 Å². The number of hydrogen-bond donors (Lipinski definition) is 3. The third-order valence-corrected chi connectivity index (χ3v) is 4.34. The van der Waals surface area contributed by atoms with E-state index >= 15 is 0 Å². The van der Waals surface area contributed by atoms with Crippen LogP contribution in [-0.4, -0.2) is 28.5 Å². The van der Waals surface area contributed by atoms with Gasteiger partial charge in [0.25, 0.3) is 0 Å². The van der Waals surface area contributed by atoms with E-state index in [1.54, 1.807) is 6.20 Å². The number of carbonyl (C=O) groups excluding carboxylic acids is 1. The predicted octanol–water partition coefficient (Wildman–Crippen LogP) is 2.34. The Balaban J connectivity index is 1.32. The summed E-state index contributed by atoms with van der Waals surface area (Å²) >= 11 is 0. The van der Waals surface area contributed by atoms with Crippen LogP contribution < -0.4 is 16.0 Å². The largest absolute Gasteiger partial charge is 0.334 e. The summed E-state index contributed by atoms with van der Waals surface area (Å²) in [6.45, 7) is 2.53. The molecule has 0 unspecified atom stereocenters. The summed E-state index contributed by atoms with van der Waals surface area (Å²) in [6.07, 6.45) is 5.58. The average Bonchev–Trinajstić information content (AvgIpc) is 3.01. The molecular weight excluding hydrogens is 302 g/mol. The molecule has 3 aromatic rings. The molecule has 1 saturated heterocycles. The maximum absolute atomic E-state index is 12.0. The number of rotatable bonds is 4. The van der Waals surface area contributed by atoms with Gasteiger partial charge in [0.05, 0.1) is 0 Å². The van der Waals surface area contributed by atoms with E-state index in [9.17, 15) is 4.79 Å². The minimum atomic E-state index is -0.212. The number of carbonyl (C=O) groups is 1. The lowest BCUT2D eigenvalue weighted by molar-refractivity contribution is 0.251. The van der Waals surface area contributed by atoms with Crippen molar-refractivity contribution >= 4 is 17.4 Å². The molecule has 0 saturated carbocycles.